The SMILES string of the molecule is CC(N)C(=O)N(C)Cc1cc(Br)cs1.Cl. The van der Waals surface area contributed by atoms with Crippen molar-refractivity contribution < 1.29 is 4.79 Å². The van der Waals surface area contributed by atoms with Crippen molar-refractivity contribution in [3.8, 4) is 0 Å². The lowest BCUT2D eigenvalue weighted by Gasteiger charge is -2.18. The Morgan fingerprint density at radius 1 is 1.73 bits per heavy atom. The standard InChI is InChI=1S/C9H13BrN2OS.ClH/c1-6(11)9(13)12(2)4-8-3-7(10)5-14-8;/h3,5-6H,4,11H2,1-2H3;1H. The van der Waals surface area contributed by atoms with Crippen LogP contribution in [0.3, 0.4) is 0 Å². The third-order valence-electron chi connectivity index (χ3n) is 1.78. The molecule has 0 fully saturated rings. The molecule has 1 unspecified atom stereocenters. The maximum atomic E-state index is 11.4. The molecule has 0 aliphatic heterocycles. The maximum absolute atomic E-state index is 11.4. The molecule has 2 N–H and O–H groups in total. The van der Waals surface area contributed by atoms with Gasteiger partial charge >= 0.3 is 0 Å². The van der Waals surface area contributed by atoms with Crippen LogP contribution in [-0.2, 0) is 11.3 Å². The number of hydrogen-bond donors (Lipinski definition) is 1. The van der Waals surface area contributed by atoms with Crippen molar-refractivity contribution in [2.24, 2.45) is 5.73 Å². The van der Waals surface area contributed by atoms with E-state index in [1.807, 2.05) is 11.4 Å². The van der Waals surface area contributed by atoms with E-state index >= 15 is 0 Å². The number of rotatable bonds is 3. The summed E-state index contributed by atoms with van der Waals surface area (Å²) >= 11 is 5.00. The Labute approximate surface area is 108 Å². The van der Waals surface area contributed by atoms with Crippen LogP contribution in [-0.4, -0.2) is 23.9 Å². The van der Waals surface area contributed by atoms with Crippen LogP contribution in [0.1, 0.15) is 11.8 Å². The zero-order valence-electron chi connectivity index (χ0n) is 8.57. The van der Waals surface area contributed by atoms with Crippen molar-refractivity contribution in [2.45, 2.75) is 19.5 Å². The van der Waals surface area contributed by atoms with Crippen LogP contribution in [0.4, 0.5) is 0 Å². The fourth-order valence-electron chi connectivity index (χ4n) is 1.10. The molecule has 0 aromatic carbocycles. The van der Waals surface area contributed by atoms with Crippen LogP contribution >= 0.6 is 39.7 Å². The molecular formula is C9H14BrClN2OS. The molecule has 0 aliphatic carbocycles. The van der Waals surface area contributed by atoms with Crippen LogP contribution in [0.2, 0.25) is 0 Å². The van der Waals surface area contributed by atoms with Crippen molar-refractivity contribution in [3.05, 3.63) is 20.8 Å². The molecule has 6 heteroatoms. The third kappa shape index (κ3) is 4.51. The number of thiophene rings is 1. The van der Waals surface area contributed by atoms with Gasteiger partial charge in [-0.1, -0.05) is 0 Å². The highest BCUT2D eigenvalue weighted by Gasteiger charge is 2.13. The van der Waals surface area contributed by atoms with Gasteiger partial charge in [0.2, 0.25) is 5.91 Å². The molecule has 0 saturated carbocycles. The molecule has 0 saturated heterocycles. The first kappa shape index (κ1) is 14.9. The summed E-state index contributed by atoms with van der Waals surface area (Å²) in [6, 6.07) is 1.58. The highest BCUT2D eigenvalue weighted by molar-refractivity contribution is 9.10. The summed E-state index contributed by atoms with van der Waals surface area (Å²) in [7, 11) is 1.76. The lowest BCUT2D eigenvalue weighted by molar-refractivity contribution is -0.131. The van der Waals surface area contributed by atoms with E-state index in [4.69, 9.17) is 5.73 Å². The van der Waals surface area contributed by atoms with Gasteiger partial charge in [-0.3, -0.25) is 4.79 Å². The molecule has 1 amide bonds. The van der Waals surface area contributed by atoms with Crippen molar-refractivity contribution in [2.75, 3.05) is 7.05 Å². The number of halogens is 2. The number of nitrogens with two attached hydrogens (primary N) is 1. The monoisotopic (exact) mass is 312 g/mol. The molecule has 0 aliphatic rings. The van der Waals surface area contributed by atoms with Gasteiger partial charge < -0.3 is 10.6 Å². The Morgan fingerprint density at radius 2 is 2.33 bits per heavy atom. The lowest BCUT2D eigenvalue weighted by atomic mass is 10.3. The van der Waals surface area contributed by atoms with Gasteiger partial charge in [0.25, 0.3) is 0 Å². The summed E-state index contributed by atoms with van der Waals surface area (Å²) in [5.41, 5.74) is 5.50. The van der Waals surface area contributed by atoms with E-state index in [2.05, 4.69) is 15.9 Å². The van der Waals surface area contributed by atoms with Gasteiger partial charge in [0.1, 0.15) is 0 Å². The van der Waals surface area contributed by atoms with Gasteiger partial charge in [-0.2, -0.15) is 0 Å². The average molecular weight is 314 g/mol. The van der Waals surface area contributed by atoms with Crippen LogP contribution < -0.4 is 5.73 Å². The summed E-state index contributed by atoms with van der Waals surface area (Å²) in [5.74, 6) is -0.0328. The molecule has 1 atom stereocenters. The van der Waals surface area contributed by atoms with Crippen LogP contribution in [0.25, 0.3) is 0 Å². The molecule has 86 valence electrons. The van der Waals surface area contributed by atoms with Gasteiger partial charge in [-0.05, 0) is 28.9 Å². The number of likely N-dealkylation sites (N-methyl/N-ethyl adjacent to an activating group) is 1. The molecule has 1 aromatic heterocycles. The van der Waals surface area contributed by atoms with Crippen LogP contribution in [0.15, 0.2) is 15.9 Å². The number of carbonyl (C=O) groups is 1. The molecular weight excluding hydrogens is 300 g/mol. The Bertz CT molecular complexity index is 330. The van der Waals surface area contributed by atoms with E-state index in [0.717, 1.165) is 9.35 Å². The second kappa shape index (κ2) is 6.48. The second-order valence-corrected chi connectivity index (χ2v) is 5.13. The van der Waals surface area contributed by atoms with Crippen LogP contribution in [0, 0.1) is 0 Å². The minimum absolute atomic E-state index is 0. The molecule has 3 nitrogen and oxygen atoms in total. The Balaban J connectivity index is 0.00000196. The fraction of sp³-hybridized carbons (Fsp3) is 0.444. The summed E-state index contributed by atoms with van der Waals surface area (Å²) < 4.78 is 1.05. The van der Waals surface area contributed by atoms with Gasteiger partial charge in [0.05, 0.1) is 12.6 Å². The first-order chi connectivity index (χ1) is 6.50. The molecule has 0 spiro atoms. The van der Waals surface area contributed by atoms with E-state index in [-0.39, 0.29) is 18.3 Å². The number of hydrogen-bond acceptors (Lipinski definition) is 3. The Kier molecular flexibility index (Phi) is 6.43. The Hall–Kier alpha value is -0.100. The summed E-state index contributed by atoms with van der Waals surface area (Å²) in [5, 5.41) is 2.00. The van der Waals surface area contributed by atoms with Crippen LogP contribution in [0.5, 0.6) is 0 Å². The zero-order chi connectivity index (χ0) is 10.7. The molecule has 0 radical (unpaired) electrons. The number of amides is 1. The van der Waals surface area contributed by atoms with Crippen molar-refractivity contribution in [3.63, 3.8) is 0 Å². The maximum Gasteiger partial charge on any atom is 0.239 e. The van der Waals surface area contributed by atoms with Crippen molar-refractivity contribution in [1.29, 1.82) is 0 Å². The first-order valence-electron chi connectivity index (χ1n) is 4.24. The van der Waals surface area contributed by atoms with E-state index in [1.165, 1.54) is 0 Å². The number of nitrogens with zero attached hydrogens (tertiary/aromatic N) is 1. The predicted octanol–water partition coefficient (Wildman–Crippen LogP) is 2.24. The third-order valence-corrected chi connectivity index (χ3v) is 3.46. The fourth-order valence-corrected chi connectivity index (χ4v) is 2.60. The highest BCUT2D eigenvalue weighted by Crippen LogP contribution is 2.20. The zero-order valence-corrected chi connectivity index (χ0v) is 11.8. The molecule has 15 heavy (non-hydrogen) atoms. The molecule has 0 bridgehead atoms. The highest BCUT2D eigenvalue weighted by atomic mass is 79.9. The molecule has 1 rings (SSSR count). The number of carbonyl (C=O) groups excluding carboxylic acids is 1. The minimum atomic E-state index is -0.427. The Morgan fingerprint density at radius 3 is 2.73 bits per heavy atom. The minimum Gasteiger partial charge on any atom is -0.339 e. The predicted molar refractivity (Wildman–Crippen MR) is 69.4 cm³/mol. The van der Waals surface area contributed by atoms with E-state index in [1.54, 1.807) is 30.2 Å². The first-order valence-corrected chi connectivity index (χ1v) is 5.91. The van der Waals surface area contributed by atoms with E-state index in [9.17, 15) is 4.79 Å². The van der Waals surface area contributed by atoms with Gasteiger partial charge in [0.15, 0.2) is 0 Å². The van der Waals surface area contributed by atoms with E-state index < -0.39 is 6.04 Å². The molecule has 1 aromatic rings. The van der Waals surface area contributed by atoms with E-state index in [0.29, 0.717) is 6.54 Å². The smallest absolute Gasteiger partial charge is 0.239 e. The summed E-state index contributed by atoms with van der Waals surface area (Å²) in [6.45, 7) is 2.32. The van der Waals surface area contributed by atoms with Crippen molar-refractivity contribution in [1.82, 2.24) is 4.90 Å². The quantitative estimate of drug-likeness (QED) is 0.930. The lowest BCUT2D eigenvalue weighted by Crippen LogP contribution is -2.39. The normalized spacial score (nSPS) is 11.7. The second-order valence-electron chi connectivity index (χ2n) is 3.21. The average Bonchev–Trinajstić information content (AvgIpc) is 2.49. The molecule has 1 heterocycles. The largest absolute Gasteiger partial charge is 0.339 e. The topological polar surface area (TPSA) is 46.3 Å². The van der Waals surface area contributed by atoms with Crippen molar-refractivity contribution >= 4 is 45.6 Å². The van der Waals surface area contributed by atoms with Gasteiger partial charge in [0, 0.05) is 21.8 Å². The summed E-state index contributed by atoms with van der Waals surface area (Å²) in [4.78, 5) is 14.2. The van der Waals surface area contributed by atoms with Gasteiger partial charge in [-0.15, -0.1) is 23.7 Å². The summed E-state index contributed by atoms with van der Waals surface area (Å²) in [6.07, 6.45) is 0. The van der Waals surface area contributed by atoms with Gasteiger partial charge in [-0.25, -0.2) is 0 Å².